The Labute approximate surface area is 181 Å². The van der Waals surface area contributed by atoms with E-state index in [-0.39, 0.29) is 23.3 Å². The summed E-state index contributed by atoms with van der Waals surface area (Å²) in [5, 5.41) is 25.9. The molecule has 12 heteroatoms. The number of nitrogens with zero attached hydrogens (tertiary/aromatic N) is 5. The smallest absolute Gasteiger partial charge is 0.269 e. The van der Waals surface area contributed by atoms with E-state index in [9.17, 15) is 14.9 Å². The molecule has 0 saturated carbocycles. The number of non-ortho nitro benzene ring substituents is 1. The van der Waals surface area contributed by atoms with Crippen LogP contribution in [0.25, 0.3) is 0 Å². The minimum Gasteiger partial charge on any atom is -0.334 e. The molecular formula is C19H20N8O3S. The number of amides is 1. The topological polar surface area (TPSA) is 153 Å². The molecule has 1 amide bonds. The molecule has 11 nitrogen and oxygen atoms in total. The lowest BCUT2D eigenvalue weighted by atomic mass is 10.1. The molecule has 0 spiro atoms. The van der Waals surface area contributed by atoms with Crippen molar-refractivity contribution < 1.29 is 9.72 Å². The van der Waals surface area contributed by atoms with Gasteiger partial charge in [-0.25, -0.2) is 10.1 Å². The number of benzene rings is 2. The number of thioether (sulfide) groups is 1. The molecule has 1 aromatic heterocycles. The van der Waals surface area contributed by atoms with Crippen molar-refractivity contribution in [1.29, 1.82) is 0 Å². The number of nitrogen functional groups attached to an aromatic ring is 1. The second kappa shape index (κ2) is 10.2. The van der Waals surface area contributed by atoms with E-state index in [1.807, 2.05) is 37.3 Å². The minimum absolute atomic E-state index is 0.0276. The summed E-state index contributed by atoms with van der Waals surface area (Å²) in [5.41, 5.74) is 5.03. The van der Waals surface area contributed by atoms with Crippen LogP contribution in [0.4, 0.5) is 17.3 Å². The minimum atomic E-state index is -0.505. The predicted molar refractivity (Wildman–Crippen MR) is 120 cm³/mol. The van der Waals surface area contributed by atoms with Crippen LogP contribution in [0.2, 0.25) is 0 Å². The number of nitro groups is 1. The third kappa shape index (κ3) is 5.79. The molecule has 0 unspecified atom stereocenters. The first-order valence-electron chi connectivity index (χ1n) is 9.23. The Bertz CT molecular complexity index is 1080. The van der Waals surface area contributed by atoms with Crippen molar-refractivity contribution in [3.8, 4) is 0 Å². The van der Waals surface area contributed by atoms with Crippen molar-refractivity contribution >= 4 is 40.7 Å². The van der Waals surface area contributed by atoms with E-state index in [0.717, 1.165) is 23.0 Å². The highest BCUT2D eigenvalue weighted by Crippen LogP contribution is 2.19. The molecule has 160 valence electrons. The first-order valence-corrected chi connectivity index (χ1v) is 10.2. The van der Waals surface area contributed by atoms with Crippen LogP contribution < -0.4 is 16.6 Å². The maximum absolute atomic E-state index is 12.1. The molecular weight excluding hydrogens is 420 g/mol. The van der Waals surface area contributed by atoms with E-state index in [1.165, 1.54) is 28.9 Å². The maximum Gasteiger partial charge on any atom is 0.269 e. The molecule has 0 fully saturated rings. The van der Waals surface area contributed by atoms with Gasteiger partial charge in [-0.2, -0.15) is 5.10 Å². The summed E-state index contributed by atoms with van der Waals surface area (Å²) in [6.45, 7) is 1.99. The van der Waals surface area contributed by atoms with Crippen molar-refractivity contribution in [2.75, 3.05) is 22.3 Å². The van der Waals surface area contributed by atoms with Gasteiger partial charge >= 0.3 is 0 Å². The van der Waals surface area contributed by atoms with Gasteiger partial charge in [-0.15, -0.1) is 10.2 Å². The number of nitro benzene ring substituents is 1. The predicted octanol–water partition coefficient (Wildman–Crippen LogP) is 2.86. The number of nitrogens with one attached hydrogen (secondary N) is 2. The number of carbonyl (C=O) groups excluding carboxylic acids is 1. The molecule has 31 heavy (non-hydrogen) atoms. The van der Waals surface area contributed by atoms with Gasteiger partial charge in [-0.1, -0.05) is 49.0 Å². The van der Waals surface area contributed by atoms with Crippen LogP contribution >= 0.6 is 11.8 Å². The molecule has 3 aromatic rings. The second-order valence-electron chi connectivity index (χ2n) is 6.21. The van der Waals surface area contributed by atoms with Crippen molar-refractivity contribution in [3.05, 3.63) is 70.3 Å². The normalized spacial score (nSPS) is 11.2. The maximum atomic E-state index is 12.1. The molecule has 0 aliphatic carbocycles. The van der Waals surface area contributed by atoms with Gasteiger partial charge in [0.2, 0.25) is 11.1 Å². The van der Waals surface area contributed by atoms with Gasteiger partial charge in [0, 0.05) is 17.8 Å². The summed E-state index contributed by atoms with van der Waals surface area (Å²) >= 11 is 1.10. The number of hydrazone groups is 1. The van der Waals surface area contributed by atoms with E-state index in [0.29, 0.717) is 17.3 Å². The van der Waals surface area contributed by atoms with Gasteiger partial charge in [0.15, 0.2) is 0 Å². The van der Waals surface area contributed by atoms with Crippen molar-refractivity contribution in [2.24, 2.45) is 5.10 Å². The molecule has 0 radical (unpaired) electrons. The average Bonchev–Trinajstić information content (AvgIpc) is 3.13. The van der Waals surface area contributed by atoms with Gasteiger partial charge < -0.3 is 11.2 Å². The van der Waals surface area contributed by atoms with Crippen LogP contribution in [0.3, 0.4) is 0 Å². The Morgan fingerprint density at radius 3 is 2.55 bits per heavy atom. The van der Waals surface area contributed by atoms with Crippen LogP contribution in [-0.4, -0.2) is 37.2 Å². The Balaban J connectivity index is 1.57. The first kappa shape index (κ1) is 21.8. The SMILES string of the molecule is CC/C(=N\Nc1nnc(SCC(=O)Nc2ccc([N+](=O)[O-])cc2)n1N)c1ccccc1. The standard InChI is InChI=1S/C19H20N8O3S/c1-2-16(13-6-4-3-5-7-13)22-23-18-24-25-19(26(18)20)31-12-17(28)21-14-8-10-15(11-9-14)27(29)30/h3-11H,2,12,20H2,1H3,(H,21,28)(H,23,24)/b22-16+. The zero-order chi connectivity index (χ0) is 22.2. The van der Waals surface area contributed by atoms with E-state index in [1.54, 1.807) is 0 Å². The summed E-state index contributed by atoms with van der Waals surface area (Å²) in [5.74, 6) is 5.95. The summed E-state index contributed by atoms with van der Waals surface area (Å²) in [6.07, 6.45) is 0.708. The quantitative estimate of drug-likeness (QED) is 0.151. The largest absolute Gasteiger partial charge is 0.334 e. The Hall–Kier alpha value is -3.93. The van der Waals surface area contributed by atoms with Crippen molar-refractivity contribution in [2.45, 2.75) is 18.5 Å². The lowest BCUT2D eigenvalue weighted by Gasteiger charge is -2.06. The van der Waals surface area contributed by atoms with Crippen molar-refractivity contribution in [3.63, 3.8) is 0 Å². The third-order valence-corrected chi connectivity index (χ3v) is 5.03. The summed E-state index contributed by atoms with van der Waals surface area (Å²) in [4.78, 5) is 22.3. The molecule has 2 aromatic carbocycles. The Kier molecular flexibility index (Phi) is 7.17. The fraction of sp³-hybridized carbons (Fsp3) is 0.158. The summed E-state index contributed by atoms with van der Waals surface area (Å²) < 4.78 is 1.21. The van der Waals surface area contributed by atoms with E-state index >= 15 is 0 Å². The fourth-order valence-corrected chi connectivity index (χ4v) is 3.20. The number of hydrogen-bond acceptors (Lipinski definition) is 9. The molecule has 3 rings (SSSR count). The first-order chi connectivity index (χ1) is 15.0. The number of hydrogen-bond donors (Lipinski definition) is 3. The molecule has 1 heterocycles. The number of anilines is 2. The molecule has 0 aliphatic heterocycles. The molecule has 0 bridgehead atoms. The Morgan fingerprint density at radius 1 is 1.19 bits per heavy atom. The highest BCUT2D eigenvalue weighted by atomic mass is 32.2. The van der Waals surface area contributed by atoms with Crippen LogP contribution in [0.1, 0.15) is 18.9 Å². The average molecular weight is 440 g/mol. The molecule has 0 aliphatic rings. The molecule has 0 atom stereocenters. The van der Waals surface area contributed by atoms with Gasteiger partial charge in [0.05, 0.1) is 16.4 Å². The monoisotopic (exact) mass is 440 g/mol. The number of aromatic nitrogens is 3. The van der Waals surface area contributed by atoms with Gasteiger partial charge in [-0.05, 0) is 24.1 Å². The zero-order valence-corrected chi connectivity index (χ0v) is 17.4. The van der Waals surface area contributed by atoms with Crippen LogP contribution in [0.5, 0.6) is 0 Å². The highest BCUT2D eigenvalue weighted by Gasteiger charge is 2.13. The van der Waals surface area contributed by atoms with Crippen LogP contribution in [0.15, 0.2) is 64.9 Å². The summed E-state index contributed by atoms with van der Waals surface area (Å²) in [7, 11) is 0. The fourth-order valence-electron chi connectivity index (χ4n) is 2.54. The van der Waals surface area contributed by atoms with E-state index in [4.69, 9.17) is 5.84 Å². The molecule has 0 saturated heterocycles. The van der Waals surface area contributed by atoms with E-state index < -0.39 is 4.92 Å². The lowest BCUT2D eigenvalue weighted by molar-refractivity contribution is -0.384. The number of nitrogens with two attached hydrogens (primary N) is 1. The highest BCUT2D eigenvalue weighted by molar-refractivity contribution is 7.99. The number of carbonyl (C=O) groups is 1. The number of rotatable bonds is 9. The Morgan fingerprint density at radius 2 is 1.90 bits per heavy atom. The van der Waals surface area contributed by atoms with Crippen molar-refractivity contribution in [1.82, 2.24) is 14.9 Å². The van der Waals surface area contributed by atoms with Crippen LogP contribution in [-0.2, 0) is 4.79 Å². The summed E-state index contributed by atoms with van der Waals surface area (Å²) in [6, 6.07) is 15.3. The van der Waals surface area contributed by atoms with Gasteiger partial charge in [0.1, 0.15) is 0 Å². The second-order valence-corrected chi connectivity index (χ2v) is 7.15. The van der Waals surface area contributed by atoms with Gasteiger partial charge in [-0.3, -0.25) is 14.9 Å². The zero-order valence-electron chi connectivity index (χ0n) is 16.6. The van der Waals surface area contributed by atoms with E-state index in [2.05, 4.69) is 26.0 Å². The third-order valence-electron chi connectivity index (χ3n) is 4.09. The van der Waals surface area contributed by atoms with Gasteiger partial charge in [0.25, 0.3) is 11.6 Å². The van der Waals surface area contributed by atoms with Crippen LogP contribution in [0, 0.1) is 10.1 Å². The molecule has 4 N–H and O–H groups in total. The lowest BCUT2D eigenvalue weighted by Crippen LogP contribution is -2.17.